The van der Waals surface area contributed by atoms with Crippen LogP contribution in [-0.4, -0.2) is 47.7 Å². The number of nitrogens with one attached hydrogen (secondary N) is 1. The fraction of sp³-hybridized carbons (Fsp3) is 0.667. The fourth-order valence-electron chi connectivity index (χ4n) is 2.88. The van der Waals surface area contributed by atoms with Crippen LogP contribution in [0.4, 0.5) is 0 Å². The van der Waals surface area contributed by atoms with Gasteiger partial charge in [0.1, 0.15) is 0 Å². The summed E-state index contributed by atoms with van der Waals surface area (Å²) in [5.74, 6) is 0.948. The minimum Gasteiger partial charge on any atom is -0.372 e. The van der Waals surface area contributed by atoms with Gasteiger partial charge in [-0.2, -0.15) is 0 Å². The molecular formula is C18H30N4O. The maximum atomic E-state index is 6.09. The van der Waals surface area contributed by atoms with Crippen molar-refractivity contribution in [2.75, 3.05) is 20.1 Å². The van der Waals surface area contributed by atoms with E-state index in [0.29, 0.717) is 12.6 Å². The van der Waals surface area contributed by atoms with Crippen LogP contribution in [0.1, 0.15) is 44.9 Å². The molecule has 5 nitrogen and oxygen atoms in total. The van der Waals surface area contributed by atoms with Crippen molar-refractivity contribution in [1.82, 2.24) is 15.2 Å². The van der Waals surface area contributed by atoms with Crippen LogP contribution in [0.15, 0.2) is 23.3 Å². The number of pyridine rings is 1. The van der Waals surface area contributed by atoms with Gasteiger partial charge in [0.05, 0.1) is 23.9 Å². The van der Waals surface area contributed by atoms with E-state index in [2.05, 4.69) is 54.0 Å². The van der Waals surface area contributed by atoms with Gasteiger partial charge < -0.3 is 15.0 Å². The van der Waals surface area contributed by atoms with Gasteiger partial charge >= 0.3 is 0 Å². The lowest BCUT2D eigenvalue weighted by Crippen LogP contribution is -2.47. The molecule has 5 heteroatoms. The Bertz CT molecular complexity index is 528. The van der Waals surface area contributed by atoms with Crippen LogP contribution in [0.3, 0.4) is 0 Å². The lowest BCUT2D eigenvalue weighted by molar-refractivity contribution is -0.0772. The molecule has 1 aromatic rings. The number of aromatic nitrogens is 1. The van der Waals surface area contributed by atoms with Crippen LogP contribution >= 0.6 is 0 Å². The first kappa shape index (κ1) is 17.7. The molecule has 1 saturated heterocycles. The van der Waals surface area contributed by atoms with Crippen molar-refractivity contribution in [3.8, 4) is 0 Å². The Hall–Kier alpha value is -1.62. The van der Waals surface area contributed by atoms with Crippen LogP contribution < -0.4 is 5.32 Å². The fourth-order valence-corrected chi connectivity index (χ4v) is 2.88. The zero-order valence-electron chi connectivity index (χ0n) is 15.1. The molecule has 1 aliphatic rings. The van der Waals surface area contributed by atoms with Gasteiger partial charge in [-0.15, -0.1) is 0 Å². The molecule has 1 N–H and O–H groups in total. The molecule has 0 saturated carbocycles. The highest BCUT2D eigenvalue weighted by Crippen LogP contribution is 2.20. The number of ether oxygens (including phenoxy) is 1. The van der Waals surface area contributed by atoms with E-state index in [4.69, 9.17) is 4.74 Å². The summed E-state index contributed by atoms with van der Waals surface area (Å²) < 4.78 is 6.09. The molecule has 128 valence electrons. The van der Waals surface area contributed by atoms with Crippen LogP contribution in [0.2, 0.25) is 0 Å². The summed E-state index contributed by atoms with van der Waals surface area (Å²) in [7, 11) is 1.84. The summed E-state index contributed by atoms with van der Waals surface area (Å²) in [4.78, 5) is 11.2. The number of piperidine rings is 1. The number of nitrogens with zero attached hydrogens (tertiary/aromatic N) is 3. The standard InChI is InChI=1S/C18H30N4O/c1-14-7-6-10-20-16(14)13-21-17(19-5)22-11-8-15(9-12-22)23-18(2,3)4/h6-7,10,15H,8-9,11-13H2,1-5H3,(H,19,21). The van der Waals surface area contributed by atoms with Crippen molar-refractivity contribution >= 4 is 5.96 Å². The smallest absolute Gasteiger partial charge is 0.193 e. The van der Waals surface area contributed by atoms with Gasteiger partial charge in [-0.1, -0.05) is 6.07 Å². The first-order valence-electron chi connectivity index (χ1n) is 8.43. The van der Waals surface area contributed by atoms with E-state index in [9.17, 15) is 0 Å². The van der Waals surface area contributed by atoms with Crippen molar-refractivity contribution in [1.29, 1.82) is 0 Å². The molecule has 1 aromatic heterocycles. The molecule has 0 radical (unpaired) electrons. The third-order valence-electron chi connectivity index (χ3n) is 4.01. The average molecular weight is 318 g/mol. The summed E-state index contributed by atoms with van der Waals surface area (Å²) in [5.41, 5.74) is 2.20. The highest BCUT2D eigenvalue weighted by molar-refractivity contribution is 5.79. The number of hydrogen-bond donors (Lipinski definition) is 1. The largest absolute Gasteiger partial charge is 0.372 e. The summed E-state index contributed by atoms with van der Waals surface area (Å²) in [6.45, 7) is 11.1. The third-order valence-corrected chi connectivity index (χ3v) is 4.01. The first-order valence-corrected chi connectivity index (χ1v) is 8.43. The third kappa shape index (κ3) is 5.50. The Labute approximate surface area is 140 Å². The minimum absolute atomic E-state index is 0.0662. The van der Waals surface area contributed by atoms with E-state index in [1.54, 1.807) is 0 Å². The molecule has 0 amide bonds. The van der Waals surface area contributed by atoms with Gasteiger partial charge in [-0.05, 0) is 52.2 Å². The summed E-state index contributed by atoms with van der Waals surface area (Å²) in [6, 6.07) is 4.05. The SMILES string of the molecule is CN=C(NCc1ncccc1C)N1CCC(OC(C)(C)C)CC1. The second kappa shape index (κ2) is 7.77. The maximum Gasteiger partial charge on any atom is 0.193 e. The van der Waals surface area contributed by atoms with Crippen molar-refractivity contribution in [2.24, 2.45) is 4.99 Å². The van der Waals surface area contributed by atoms with Gasteiger partial charge in [-0.3, -0.25) is 9.98 Å². The van der Waals surface area contributed by atoms with Gasteiger partial charge in [-0.25, -0.2) is 0 Å². The number of likely N-dealkylation sites (tertiary alicyclic amines) is 1. The molecule has 0 unspecified atom stereocenters. The van der Waals surface area contributed by atoms with Crippen molar-refractivity contribution < 1.29 is 4.74 Å². The van der Waals surface area contributed by atoms with E-state index in [1.807, 2.05) is 19.3 Å². The Balaban J connectivity index is 1.85. The van der Waals surface area contributed by atoms with Gasteiger partial charge in [0.25, 0.3) is 0 Å². The number of guanidine groups is 1. The van der Waals surface area contributed by atoms with Crippen molar-refractivity contribution in [2.45, 2.75) is 58.8 Å². The van der Waals surface area contributed by atoms with E-state index in [-0.39, 0.29) is 5.60 Å². The highest BCUT2D eigenvalue weighted by atomic mass is 16.5. The monoisotopic (exact) mass is 318 g/mol. The molecule has 0 aliphatic carbocycles. The minimum atomic E-state index is -0.0662. The molecular weight excluding hydrogens is 288 g/mol. The summed E-state index contributed by atoms with van der Waals surface area (Å²) >= 11 is 0. The predicted octanol–water partition coefficient (Wildman–Crippen LogP) is 2.74. The topological polar surface area (TPSA) is 49.8 Å². The summed E-state index contributed by atoms with van der Waals surface area (Å²) in [5, 5.41) is 3.43. The number of aryl methyl sites for hydroxylation is 1. The Morgan fingerprint density at radius 3 is 2.65 bits per heavy atom. The lowest BCUT2D eigenvalue weighted by Gasteiger charge is -2.36. The van der Waals surface area contributed by atoms with Gasteiger partial charge in [0.15, 0.2) is 5.96 Å². The molecule has 0 aromatic carbocycles. The van der Waals surface area contributed by atoms with E-state index < -0.39 is 0 Å². The van der Waals surface area contributed by atoms with Crippen LogP contribution in [-0.2, 0) is 11.3 Å². The zero-order chi connectivity index (χ0) is 16.9. The van der Waals surface area contributed by atoms with E-state index >= 15 is 0 Å². The highest BCUT2D eigenvalue weighted by Gasteiger charge is 2.25. The maximum absolute atomic E-state index is 6.09. The average Bonchev–Trinajstić information content (AvgIpc) is 2.49. The molecule has 0 bridgehead atoms. The second-order valence-corrected chi connectivity index (χ2v) is 7.08. The van der Waals surface area contributed by atoms with Crippen molar-refractivity contribution in [3.63, 3.8) is 0 Å². The Morgan fingerprint density at radius 1 is 1.39 bits per heavy atom. The van der Waals surface area contributed by atoms with Gasteiger partial charge in [0, 0.05) is 26.3 Å². The number of hydrogen-bond acceptors (Lipinski definition) is 3. The van der Waals surface area contributed by atoms with Crippen molar-refractivity contribution in [3.05, 3.63) is 29.6 Å². The van der Waals surface area contributed by atoms with Gasteiger partial charge in [0.2, 0.25) is 0 Å². The quantitative estimate of drug-likeness (QED) is 0.688. The first-order chi connectivity index (χ1) is 10.9. The Kier molecular flexibility index (Phi) is 5.99. The molecule has 0 atom stereocenters. The number of aliphatic imine (C=N–C) groups is 1. The molecule has 2 rings (SSSR count). The van der Waals surface area contributed by atoms with Crippen LogP contribution in [0.25, 0.3) is 0 Å². The molecule has 2 heterocycles. The second-order valence-electron chi connectivity index (χ2n) is 7.08. The van der Waals surface area contributed by atoms with Crippen LogP contribution in [0.5, 0.6) is 0 Å². The molecule has 0 spiro atoms. The Morgan fingerprint density at radius 2 is 2.09 bits per heavy atom. The molecule has 1 fully saturated rings. The molecule has 23 heavy (non-hydrogen) atoms. The number of rotatable bonds is 3. The zero-order valence-corrected chi connectivity index (χ0v) is 15.1. The van der Waals surface area contributed by atoms with E-state index in [0.717, 1.165) is 37.6 Å². The predicted molar refractivity (Wildman–Crippen MR) is 94.6 cm³/mol. The summed E-state index contributed by atoms with van der Waals surface area (Å²) in [6.07, 6.45) is 4.27. The van der Waals surface area contributed by atoms with E-state index in [1.165, 1.54) is 5.56 Å². The lowest BCUT2D eigenvalue weighted by atomic mass is 10.1. The van der Waals surface area contributed by atoms with Crippen LogP contribution in [0, 0.1) is 6.92 Å². The normalized spacial score (nSPS) is 17.4. The molecule has 1 aliphatic heterocycles.